The van der Waals surface area contributed by atoms with Crippen LogP contribution in [0.5, 0.6) is 0 Å². The van der Waals surface area contributed by atoms with Gasteiger partial charge in [0.25, 0.3) is 5.91 Å². The number of nitrogens with one attached hydrogen (secondary N) is 1. The van der Waals surface area contributed by atoms with E-state index < -0.39 is 0 Å². The first kappa shape index (κ1) is 17.2. The number of unbranched alkanes of at least 4 members (excludes halogenated alkanes) is 1. The third-order valence-electron chi connectivity index (χ3n) is 4.05. The van der Waals surface area contributed by atoms with Gasteiger partial charge in [-0.25, -0.2) is 0 Å². The van der Waals surface area contributed by atoms with E-state index in [0.717, 1.165) is 47.9 Å². The van der Waals surface area contributed by atoms with Crippen molar-refractivity contribution >= 4 is 34.4 Å². The van der Waals surface area contributed by atoms with Crippen LogP contribution < -0.4 is 5.32 Å². The van der Waals surface area contributed by atoms with Crippen molar-refractivity contribution in [3.63, 3.8) is 0 Å². The van der Waals surface area contributed by atoms with Crippen molar-refractivity contribution in [3.05, 3.63) is 33.4 Å². The molecule has 0 unspecified atom stereocenters. The Morgan fingerprint density at radius 1 is 1.27 bits per heavy atom. The molecule has 0 radical (unpaired) electrons. The van der Waals surface area contributed by atoms with Crippen molar-refractivity contribution in [1.29, 1.82) is 0 Å². The second-order valence-corrected chi connectivity index (χ2v) is 6.87. The zero-order valence-corrected chi connectivity index (χ0v) is 15.1. The SMILES string of the molecule is CCCCC(=O)N1CCC(NC(=O)c2ccccc2I)CC1. The highest BCUT2D eigenvalue weighted by molar-refractivity contribution is 14.1. The molecule has 0 spiro atoms. The van der Waals surface area contributed by atoms with Crippen LogP contribution in [0.25, 0.3) is 0 Å². The Balaban J connectivity index is 1.81. The smallest absolute Gasteiger partial charge is 0.252 e. The van der Waals surface area contributed by atoms with E-state index in [-0.39, 0.29) is 17.9 Å². The van der Waals surface area contributed by atoms with Crippen LogP contribution in [0.4, 0.5) is 0 Å². The molecule has 0 bridgehead atoms. The van der Waals surface area contributed by atoms with Gasteiger partial charge in [-0.05, 0) is 54.0 Å². The highest BCUT2D eigenvalue weighted by Gasteiger charge is 2.24. The Labute approximate surface area is 145 Å². The van der Waals surface area contributed by atoms with Gasteiger partial charge in [-0.1, -0.05) is 25.5 Å². The van der Waals surface area contributed by atoms with Crippen LogP contribution in [0.3, 0.4) is 0 Å². The first-order valence-corrected chi connectivity index (χ1v) is 9.03. The number of nitrogens with zero attached hydrogens (tertiary/aromatic N) is 1. The molecule has 1 aromatic carbocycles. The molecule has 0 aliphatic carbocycles. The number of piperidine rings is 1. The molecule has 1 heterocycles. The summed E-state index contributed by atoms with van der Waals surface area (Å²) in [6.45, 7) is 3.60. The number of hydrogen-bond acceptors (Lipinski definition) is 2. The average molecular weight is 414 g/mol. The van der Waals surface area contributed by atoms with Gasteiger partial charge >= 0.3 is 0 Å². The van der Waals surface area contributed by atoms with Gasteiger partial charge in [0.1, 0.15) is 0 Å². The van der Waals surface area contributed by atoms with Crippen molar-refractivity contribution in [2.75, 3.05) is 13.1 Å². The van der Waals surface area contributed by atoms with Gasteiger partial charge in [-0.3, -0.25) is 9.59 Å². The lowest BCUT2D eigenvalue weighted by Gasteiger charge is -2.32. The Hall–Kier alpha value is -1.11. The highest BCUT2D eigenvalue weighted by Crippen LogP contribution is 2.15. The molecule has 1 aliphatic heterocycles. The summed E-state index contributed by atoms with van der Waals surface area (Å²) in [6.07, 6.45) is 4.34. The lowest BCUT2D eigenvalue weighted by molar-refractivity contribution is -0.132. The molecule has 1 aliphatic rings. The first-order chi connectivity index (χ1) is 10.6. The minimum Gasteiger partial charge on any atom is -0.349 e. The fourth-order valence-corrected chi connectivity index (χ4v) is 3.30. The number of carbonyl (C=O) groups is 2. The van der Waals surface area contributed by atoms with Crippen LogP contribution >= 0.6 is 22.6 Å². The van der Waals surface area contributed by atoms with Crippen LogP contribution in [0, 0.1) is 3.57 Å². The summed E-state index contributed by atoms with van der Waals surface area (Å²) in [5.41, 5.74) is 0.726. The number of carbonyl (C=O) groups excluding carboxylic acids is 2. The van der Waals surface area contributed by atoms with Gasteiger partial charge in [0.15, 0.2) is 0 Å². The van der Waals surface area contributed by atoms with Gasteiger partial charge in [0, 0.05) is 29.1 Å². The topological polar surface area (TPSA) is 49.4 Å². The molecule has 2 amide bonds. The maximum atomic E-state index is 12.3. The predicted octanol–water partition coefficient (Wildman–Crippen LogP) is 3.20. The fraction of sp³-hybridized carbons (Fsp3) is 0.529. The molecule has 1 aromatic rings. The number of halogens is 1. The number of amides is 2. The number of hydrogen-bond donors (Lipinski definition) is 1. The third kappa shape index (κ3) is 4.69. The summed E-state index contributed by atoms with van der Waals surface area (Å²) >= 11 is 2.18. The summed E-state index contributed by atoms with van der Waals surface area (Å²) in [6, 6.07) is 7.76. The zero-order chi connectivity index (χ0) is 15.9. The maximum Gasteiger partial charge on any atom is 0.252 e. The third-order valence-corrected chi connectivity index (χ3v) is 4.99. The lowest BCUT2D eigenvalue weighted by atomic mass is 10.0. The summed E-state index contributed by atoms with van der Waals surface area (Å²) in [7, 11) is 0. The van der Waals surface area contributed by atoms with Crippen LogP contribution in [-0.2, 0) is 4.79 Å². The van der Waals surface area contributed by atoms with E-state index in [1.807, 2.05) is 29.2 Å². The highest BCUT2D eigenvalue weighted by atomic mass is 127. The van der Waals surface area contributed by atoms with Crippen LogP contribution in [0.15, 0.2) is 24.3 Å². The van der Waals surface area contributed by atoms with Crippen molar-refractivity contribution in [2.24, 2.45) is 0 Å². The summed E-state index contributed by atoms with van der Waals surface area (Å²) in [5, 5.41) is 3.10. The van der Waals surface area contributed by atoms with Gasteiger partial charge in [-0.2, -0.15) is 0 Å². The zero-order valence-electron chi connectivity index (χ0n) is 13.0. The average Bonchev–Trinajstić information content (AvgIpc) is 2.53. The van der Waals surface area contributed by atoms with E-state index in [9.17, 15) is 9.59 Å². The van der Waals surface area contributed by atoms with Crippen LogP contribution in [-0.4, -0.2) is 35.8 Å². The van der Waals surface area contributed by atoms with Crippen molar-refractivity contribution in [2.45, 2.75) is 45.1 Å². The number of rotatable bonds is 5. The maximum absolute atomic E-state index is 12.3. The Bertz CT molecular complexity index is 525. The molecule has 4 nitrogen and oxygen atoms in total. The fourth-order valence-electron chi connectivity index (χ4n) is 2.67. The molecule has 120 valence electrons. The van der Waals surface area contributed by atoms with Gasteiger partial charge in [-0.15, -0.1) is 0 Å². The molecule has 1 fully saturated rings. The van der Waals surface area contributed by atoms with Crippen molar-refractivity contribution < 1.29 is 9.59 Å². The molecule has 0 aromatic heterocycles. The predicted molar refractivity (Wildman–Crippen MR) is 95.8 cm³/mol. The molecule has 2 rings (SSSR count). The summed E-state index contributed by atoms with van der Waals surface area (Å²) < 4.78 is 0.963. The molecule has 0 saturated carbocycles. The van der Waals surface area contributed by atoms with Crippen molar-refractivity contribution in [1.82, 2.24) is 10.2 Å². The minimum absolute atomic E-state index is 0.0132. The Morgan fingerprint density at radius 2 is 1.95 bits per heavy atom. The number of likely N-dealkylation sites (tertiary alicyclic amines) is 1. The quantitative estimate of drug-likeness (QED) is 0.753. The number of benzene rings is 1. The van der Waals surface area contributed by atoms with E-state index in [1.54, 1.807) is 0 Å². The van der Waals surface area contributed by atoms with Crippen LogP contribution in [0.2, 0.25) is 0 Å². The van der Waals surface area contributed by atoms with E-state index in [2.05, 4.69) is 34.8 Å². The Kier molecular flexibility index (Phi) is 6.67. The minimum atomic E-state index is -0.0132. The molecular formula is C17H23IN2O2. The molecular weight excluding hydrogens is 391 g/mol. The second-order valence-electron chi connectivity index (χ2n) is 5.71. The summed E-state index contributed by atoms with van der Waals surface area (Å²) in [5.74, 6) is 0.241. The van der Waals surface area contributed by atoms with E-state index in [1.165, 1.54) is 0 Å². The van der Waals surface area contributed by atoms with Gasteiger partial charge in [0.2, 0.25) is 5.91 Å². The van der Waals surface area contributed by atoms with Crippen molar-refractivity contribution in [3.8, 4) is 0 Å². The molecule has 0 atom stereocenters. The van der Waals surface area contributed by atoms with Gasteiger partial charge in [0.05, 0.1) is 5.56 Å². The molecule has 22 heavy (non-hydrogen) atoms. The second kappa shape index (κ2) is 8.50. The largest absolute Gasteiger partial charge is 0.349 e. The van der Waals surface area contributed by atoms with E-state index in [4.69, 9.17) is 0 Å². The first-order valence-electron chi connectivity index (χ1n) is 7.95. The Morgan fingerprint density at radius 3 is 2.59 bits per heavy atom. The molecule has 1 N–H and O–H groups in total. The normalized spacial score (nSPS) is 15.6. The van der Waals surface area contributed by atoms with Crippen LogP contribution in [0.1, 0.15) is 49.4 Å². The van der Waals surface area contributed by atoms with Gasteiger partial charge < -0.3 is 10.2 Å². The lowest BCUT2D eigenvalue weighted by Crippen LogP contribution is -2.46. The van der Waals surface area contributed by atoms with E-state index >= 15 is 0 Å². The summed E-state index contributed by atoms with van der Waals surface area (Å²) in [4.78, 5) is 26.2. The molecule has 5 heteroatoms. The monoisotopic (exact) mass is 414 g/mol. The standard InChI is InChI=1S/C17H23IN2O2/c1-2-3-8-16(21)20-11-9-13(10-12-20)19-17(22)14-6-4-5-7-15(14)18/h4-7,13H,2-3,8-12H2,1H3,(H,19,22). The van der Waals surface area contributed by atoms with E-state index in [0.29, 0.717) is 6.42 Å². The molecule has 1 saturated heterocycles.